The lowest BCUT2D eigenvalue weighted by Crippen LogP contribution is -2.64. The first-order chi connectivity index (χ1) is 15.5. The number of hydrogen-bond donors (Lipinski definition) is 2. The van der Waals surface area contributed by atoms with Gasteiger partial charge in [-0.05, 0) is 42.9 Å². The Morgan fingerprint density at radius 2 is 1.62 bits per heavy atom. The van der Waals surface area contributed by atoms with Crippen LogP contribution in [0.2, 0.25) is 0 Å². The molecule has 1 aliphatic carbocycles. The summed E-state index contributed by atoms with van der Waals surface area (Å²) in [4.78, 5) is 28.0. The number of carbonyl (C=O) groups excluding carboxylic acids is 2. The van der Waals surface area contributed by atoms with Gasteiger partial charge in [-0.2, -0.15) is 0 Å². The Balaban J connectivity index is 1.52. The summed E-state index contributed by atoms with van der Waals surface area (Å²) in [7, 11) is 0. The molecule has 2 fully saturated rings. The van der Waals surface area contributed by atoms with Crippen molar-refractivity contribution in [1.29, 1.82) is 0 Å². The minimum absolute atomic E-state index is 0.120. The summed E-state index contributed by atoms with van der Waals surface area (Å²) < 4.78 is 6.04. The van der Waals surface area contributed by atoms with E-state index in [2.05, 4.69) is 0 Å². The summed E-state index contributed by atoms with van der Waals surface area (Å²) in [5, 5.41) is 20.9. The van der Waals surface area contributed by atoms with Gasteiger partial charge >= 0.3 is 5.97 Å². The average Bonchev–Trinajstić information content (AvgIpc) is 3.10. The number of ether oxygens (including phenoxy) is 1. The van der Waals surface area contributed by atoms with Crippen molar-refractivity contribution in [3.63, 3.8) is 0 Å². The highest BCUT2D eigenvalue weighted by molar-refractivity contribution is 6.01. The number of carbonyl (C=O) groups is 2. The van der Waals surface area contributed by atoms with Crippen molar-refractivity contribution in [2.24, 2.45) is 11.8 Å². The molecule has 0 bridgehead atoms. The van der Waals surface area contributed by atoms with Crippen LogP contribution in [0.3, 0.4) is 0 Å². The van der Waals surface area contributed by atoms with Gasteiger partial charge in [-0.3, -0.25) is 4.79 Å². The fourth-order valence-electron chi connectivity index (χ4n) is 5.59. The van der Waals surface area contributed by atoms with E-state index in [-0.39, 0.29) is 23.6 Å². The number of amides is 1. The predicted molar refractivity (Wildman–Crippen MR) is 117 cm³/mol. The van der Waals surface area contributed by atoms with E-state index < -0.39 is 30.2 Å². The van der Waals surface area contributed by atoms with Gasteiger partial charge in [0, 0.05) is 5.92 Å². The Morgan fingerprint density at radius 3 is 2.19 bits per heavy atom. The van der Waals surface area contributed by atoms with Crippen molar-refractivity contribution in [2.45, 2.75) is 50.5 Å². The minimum Gasteiger partial charge on any atom is -0.448 e. The molecule has 2 heterocycles. The number of hydrogen-bond acceptors (Lipinski definition) is 5. The summed E-state index contributed by atoms with van der Waals surface area (Å²) in [5.41, 5.74) is 2.42. The lowest BCUT2D eigenvalue weighted by atomic mass is 9.72. The van der Waals surface area contributed by atoms with Crippen LogP contribution in [0.5, 0.6) is 0 Å². The highest BCUT2D eigenvalue weighted by atomic mass is 16.5. The minimum atomic E-state index is -0.805. The smallest absolute Gasteiger partial charge is 0.356 e. The number of esters is 1. The van der Waals surface area contributed by atoms with Crippen molar-refractivity contribution in [3.8, 4) is 0 Å². The van der Waals surface area contributed by atoms with Gasteiger partial charge in [0.25, 0.3) is 0 Å². The number of nitrogens with zero attached hydrogens (tertiary/aromatic N) is 1. The van der Waals surface area contributed by atoms with E-state index in [1.807, 2.05) is 60.7 Å². The molecule has 3 aliphatic rings. The summed E-state index contributed by atoms with van der Waals surface area (Å²) in [6, 6.07) is 18.7. The molecule has 0 radical (unpaired) electrons. The summed E-state index contributed by atoms with van der Waals surface area (Å²) in [6.07, 6.45) is -0.0735. The third-order valence-corrected chi connectivity index (χ3v) is 7.01. The highest BCUT2D eigenvalue weighted by Crippen LogP contribution is 2.52. The first-order valence-corrected chi connectivity index (χ1v) is 11.2. The third kappa shape index (κ3) is 3.26. The summed E-state index contributed by atoms with van der Waals surface area (Å²) >= 11 is 0. The zero-order valence-corrected chi connectivity index (χ0v) is 17.9. The maximum Gasteiger partial charge on any atom is 0.356 e. The number of benzene rings is 2. The zero-order chi connectivity index (χ0) is 22.4. The van der Waals surface area contributed by atoms with E-state index in [4.69, 9.17) is 4.74 Å². The first-order valence-electron chi connectivity index (χ1n) is 11.2. The molecular weight excluding hydrogens is 406 g/mol. The van der Waals surface area contributed by atoms with Gasteiger partial charge in [0.2, 0.25) is 5.91 Å². The van der Waals surface area contributed by atoms with Crippen LogP contribution in [0.4, 0.5) is 0 Å². The van der Waals surface area contributed by atoms with Crippen LogP contribution >= 0.6 is 0 Å². The zero-order valence-electron chi connectivity index (χ0n) is 17.9. The third-order valence-electron chi connectivity index (χ3n) is 7.01. The largest absolute Gasteiger partial charge is 0.448 e. The van der Waals surface area contributed by atoms with E-state index >= 15 is 0 Å². The van der Waals surface area contributed by atoms with Crippen LogP contribution in [0.1, 0.15) is 43.4 Å². The number of rotatable bonds is 5. The topological polar surface area (TPSA) is 87.1 Å². The monoisotopic (exact) mass is 433 g/mol. The van der Waals surface area contributed by atoms with Crippen LogP contribution in [0.25, 0.3) is 0 Å². The SMILES string of the molecule is C[C@@H](O)[C@H]1C(=O)N2C(C(=O)OC(c3ccccc3)c3ccccc3)=C3[C@@H](O)CCC[C@@H]3[C@H]12. The number of aliphatic hydroxyl groups excluding tert-OH is 2. The Kier molecular flexibility index (Phi) is 5.35. The Hall–Kier alpha value is -2.96. The molecule has 1 saturated carbocycles. The highest BCUT2D eigenvalue weighted by Gasteiger charge is 2.62. The maximum atomic E-state index is 13.6. The second kappa shape index (κ2) is 8.19. The molecule has 2 aromatic carbocycles. The van der Waals surface area contributed by atoms with Crippen molar-refractivity contribution < 1.29 is 24.5 Å². The normalized spacial score (nSPS) is 27.6. The standard InChI is InChI=1S/C26H27NO5/c1-15(28)20-22-18-13-8-14-19(29)21(18)23(27(22)25(20)30)26(31)32-24(16-9-4-2-5-10-16)17-11-6-3-7-12-17/h2-7,9-12,15,18-20,22,24,28-29H,8,13-14H2,1H3/t15-,18+,19+,20-,22-/m1/s1. The van der Waals surface area contributed by atoms with Crippen LogP contribution < -0.4 is 0 Å². The van der Waals surface area contributed by atoms with Gasteiger partial charge in [-0.25, -0.2) is 4.79 Å². The lowest BCUT2D eigenvalue weighted by Gasteiger charge is -2.47. The molecule has 2 aliphatic heterocycles. The molecule has 166 valence electrons. The molecule has 6 nitrogen and oxygen atoms in total. The average molecular weight is 434 g/mol. The number of β-lactam (4-membered cyclic amide) rings is 1. The van der Waals surface area contributed by atoms with Gasteiger partial charge in [0.05, 0.1) is 24.2 Å². The van der Waals surface area contributed by atoms with Crippen molar-refractivity contribution in [2.75, 3.05) is 0 Å². The molecular formula is C26H27NO5. The van der Waals surface area contributed by atoms with Gasteiger partial charge in [0.1, 0.15) is 5.70 Å². The van der Waals surface area contributed by atoms with Crippen LogP contribution in [0, 0.1) is 11.8 Å². The van der Waals surface area contributed by atoms with E-state index in [9.17, 15) is 19.8 Å². The molecule has 1 amide bonds. The van der Waals surface area contributed by atoms with Crippen molar-refractivity contribution in [1.82, 2.24) is 4.90 Å². The second-order valence-corrected chi connectivity index (χ2v) is 8.93. The molecule has 2 N–H and O–H groups in total. The van der Waals surface area contributed by atoms with E-state index in [1.54, 1.807) is 6.92 Å². The van der Waals surface area contributed by atoms with Gasteiger partial charge in [0.15, 0.2) is 6.10 Å². The first kappa shape index (κ1) is 20.9. The number of fused-ring (bicyclic) bond motifs is 3. The Bertz CT molecular complexity index is 1010. The van der Waals surface area contributed by atoms with Crippen LogP contribution in [-0.4, -0.2) is 45.2 Å². The summed E-state index contributed by atoms with van der Waals surface area (Å²) in [6.45, 7) is 1.61. The lowest BCUT2D eigenvalue weighted by molar-refractivity contribution is -0.165. The molecule has 6 heteroatoms. The quantitative estimate of drug-likeness (QED) is 0.559. The van der Waals surface area contributed by atoms with Crippen LogP contribution in [-0.2, 0) is 14.3 Å². The van der Waals surface area contributed by atoms with Gasteiger partial charge in [-0.15, -0.1) is 0 Å². The molecule has 1 saturated heterocycles. The van der Waals surface area contributed by atoms with E-state index in [0.717, 1.165) is 24.0 Å². The predicted octanol–water partition coefficient (Wildman–Crippen LogP) is 2.96. The fraction of sp³-hybridized carbons (Fsp3) is 0.385. The maximum absolute atomic E-state index is 13.6. The molecule has 32 heavy (non-hydrogen) atoms. The molecule has 5 rings (SSSR count). The second-order valence-electron chi connectivity index (χ2n) is 8.93. The molecule has 5 atom stereocenters. The van der Waals surface area contributed by atoms with Gasteiger partial charge < -0.3 is 19.8 Å². The van der Waals surface area contributed by atoms with Crippen LogP contribution in [0.15, 0.2) is 71.9 Å². The van der Waals surface area contributed by atoms with Gasteiger partial charge in [-0.1, -0.05) is 60.7 Å². The Labute approximate surface area is 187 Å². The van der Waals surface area contributed by atoms with E-state index in [1.165, 1.54) is 4.90 Å². The summed E-state index contributed by atoms with van der Waals surface area (Å²) in [5.74, 6) is -1.55. The van der Waals surface area contributed by atoms with E-state index in [0.29, 0.717) is 12.0 Å². The number of aliphatic hydroxyl groups is 2. The van der Waals surface area contributed by atoms with Crippen molar-refractivity contribution >= 4 is 11.9 Å². The molecule has 0 aromatic heterocycles. The molecule has 2 aromatic rings. The molecule has 0 unspecified atom stereocenters. The van der Waals surface area contributed by atoms with Crippen molar-refractivity contribution in [3.05, 3.63) is 83.1 Å². The Morgan fingerprint density at radius 1 is 1.03 bits per heavy atom. The fourth-order valence-corrected chi connectivity index (χ4v) is 5.59. The molecule has 0 spiro atoms.